The molecule has 39 heavy (non-hydrogen) atoms. The van der Waals surface area contributed by atoms with Crippen molar-refractivity contribution in [3.63, 3.8) is 0 Å². The summed E-state index contributed by atoms with van der Waals surface area (Å²) in [6.45, 7) is 5.11. The van der Waals surface area contributed by atoms with Gasteiger partial charge in [-0.2, -0.15) is 9.29 Å². The maximum atomic E-state index is 13.8. The van der Waals surface area contributed by atoms with Gasteiger partial charge in [0.25, 0.3) is 0 Å². The number of piperidine rings is 1. The molecule has 2 aliphatic heterocycles. The van der Waals surface area contributed by atoms with Crippen molar-refractivity contribution in [1.29, 1.82) is 0 Å². The molecule has 4 heterocycles. The van der Waals surface area contributed by atoms with Crippen LogP contribution in [0.15, 0.2) is 72.0 Å². The molecule has 0 unspecified atom stereocenters. The molecule has 2 aromatic heterocycles. The third-order valence-electron chi connectivity index (χ3n) is 7.61. The predicted molar refractivity (Wildman–Crippen MR) is 152 cm³/mol. The highest BCUT2D eigenvalue weighted by Crippen LogP contribution is 2.25. The summed E-state index contributed by atoms with van der Waals surface area (Å²) in [5, 5.41) is 6.56. The highest BCUT2D eigenvalue weighted by molar-refractivity contribution is 7.89. The predicted octanol–water partition coefficient (Wildman–Crippen LogP) is 3.40. The van der Waals surface area contributed by atoms with E-state index >= 15 is 0 Å². The van der Waals surface area contributed by atoms with Crippen molar-refractivity contribution in [2.24, 2.45) is 0 Å². The van der Waals surface area contributed by atoms with Crippen molar-refractivity contribution in [3.05, 3.63) is 67.1 Å². The smallest absolute Gasteiger partial charge is 0.243 e. The lowest BCUT2D eigenvalue weighted by Crippen LogP contribution is -2.48. The summed E-state index contributed by atoms with van der Waals surface area (Å²) in [6, 6.07) is 16.6. The molecular formula is C28H34N8O2S. The molecule has 0 saturated carbocycles. The molecule has 0 radical (unpaired) electrons. The molecule has 2 aliphatic rings. The fourth-order valence-electron chi connectivity index (χ4n) is 5.50. The third kappa shape index (κ3) is 5.67. The first-order valence-electron chi connectivity index (χ1n) is 13.7. The van der Waals surface area contributed by atoms with E-state index in [9.17, 15) is 8.42 Å². The summed E-state index contributed by atoms with van der Waals surface area (Å²) in [4.78, 5) is 16.1. The fraction of sp³-hybridized carbons (Fsp3) is 0.393. The average molecular weight is 547 g/mol. The Morgan fingerprint density at radius 1 is 0.974 bits per heavy atom. The molecule has 11 heteroatoms. The zero-order chi connectivity index (χ0) is 26.7. The summed E-state index contributed by atoms with van der Waals surface area (Å²) in [5.41, 5.74) is 2.56. The minimum Gasteiger partial charge on any atom is -0.324 e. The molecule has 2 aromatic carbocycles. The van der Waals surface area contributed by atoms with Crippen LogP contribution < -0.4 is 10.6 Å². The molecule has 0 atom stereocenters. The van der Waals surface area contributed by atoms with Crippen molar-refractivity contribution in [2.75, 3.05) is 44.6 Å². The van der Waals surface area contributed by atoms with Crippen LogP contribution in [0.2, 0.25) is 0 Å². The monoisotopic (exact) mass is 546 g/mol. The summed E-state index contributed by atoms with van der Waals surface area (Å²) < 4.78 is 31.3. The lowest BCUT2D eigenvalue weighted by molar-refractivity contribution is 0.228. The lowest BCUT2D eigenvalue weighted by atomic mass is 10.1. The van der Waals surface area contributed by atoms with Crippen LogP contribution in [0.4, 0.5) is 11.6 Å². The Balaban J connectivity index is 1.19. The number of nitrogens with one attached hydrogen (secondary N) is 2. The Morgan fingerprint density at radius 3 is 2.54 bits per heavy atom. The first kappa shape index (κ1) is 25.9. The number of sulfonamides is 1. The normalized spacial score (nSPS) is 17.3. The number of likely N-dealkylation sites (tertiary alicyclic amines) is 1. The van der Waals surface area contributed by atoms with E-state index in [1.165, 1.54) is 12.8 Å². The maximum Gasteiger partial charge on any atom is 0.243 e. The van der Waals surface area contributed by atoms with Crippen molar-refractivity contribution in [2.45, 2.75) is 36.6 Å². The molecule has 0 amide bonds. The van der Waals surface area contributed by atoms with E-state index in [1.807, 2.05) is 34.9 Å². The number of anilines is 2. The Hall–Kier alpha value is -3.38. The molecule has 4 aromatic rings. The Morgan fingerprint density at radius 2 is 1.74 bits per heavy atom. The summed E-state index contributed by atoms with van der Waals surface area (Å²) in [6.07, 6.45) is 7.49. The van der Waals surface area contributed by atoms with Gasteiger partial charge < -0.3 is 15.5 Å². The lowest BCUT2D eigenvalue weighted by Gasteiger charge is -2.34. The standard InChI is InChI=1S/C28H34N8O2S/c37-39(38,36(23-11-14-29-15-12-23)20-19-34-17-3-4-18-34)24-9-7-22(8-10-24)32-28-30-16-13-27(33-28)35-21-31-25-5-1-2-6-26(25)35/h1-2,5-10,13,16,21,23,29H,3-4,11-12,14-15,17-20H2,(H,30,32,33). The van der Waals surface area contributed by atoms with Crippen LogP contribution in [0.5, 0.6) is 0 Å². The number of imidazole rings is 1. The van der Waals surface area contributed by atoms with Gasteiger partial charge in [-0.15, -0.1) is 0 Å². The zero-order valence-corrected chi connectivity index (χ0v) is 22.7. The van der Waals surface area contributed by atoms with E-state index in [0.717, 1.165) is 56.6 Å². The Kier molecular flexibility index (Phi) is 7.55. The van der Waals surface area contributed by atoms with Gasteiger partial charge in [0.2, 0.25) is 16.0 Å². The van der Waals surface area contributed by atoms with Gasteiger partial charge in [0.05, 0.1) is 15.9 Å². The van der Waals surface area contributed by atoms with Crippen molar-refractivity contribution >= 4 is 32.7 Å². The van der Waals surface area contributed by atoms with Crippen molar-refractivity contribution in [1.82, 2.24) is 34.0 Å². The second kappa shape index (κ2) is 11.4. The van der Waals surface area contributed by atoms with Crippen LogP contribution in [-0.2, 0) is 10.0 Å². The summed E-state index contributed by atoms with van der Waals surface area (Å²) in [7, 11) is -3.63. The molecule has 0 bridgehead atoms. The van der Waals surface area contributed by atoms with Gasteiger partial charge in [-0.3, -0.25) is 4.57 Å². The van der Waals surface area contributed by atoms with E-state index in [1.54, 1.807) is 41.1 Å². The van der Waals surface area contributed by atoms with Gasteiger partial charge in [-0.1, -0.05) is 12.1 Å². The molecule has 2 fully saturated rings. The fourth-order valence-corrected chi connectivity index (χ4v) is 7.18. The average Bonchev–Trinajstić information content (AvgIpc) is 3.64. The van der Waals surface area contributed by atoms with Crippen LogP contribution >= 0.6 is 0 Å². The van der Waals surface area contributed by atoms with Gasteiger partial charge >= 0.3 is 0 Å². The molecule has 2 saturated heterocycles. The minimum atomic E-state index is -3.63. The number of para-hydroxylation sites is 2. The highest BCUT2D eigenvalue weighted by Gasteiger charge is 2.32. The molecule has 0 aliphatic carbocycles. The molecule has 0 spiro atoms. The van der Waals surface area contributed by atoms with Crippen LogP contribution in [0.25, 0.3) is 16.9 Å². The van der Waals surface area contributed by atoms with Crippen molar-refractivity contribution in [3.8, 4) is 5.82 Å². The van der Waals surface area contributed by atoms with E-state index < -0.39 is 10.0 Å². The zero-order valence-electron chi connectivity index (χ0n) is 21.9. The number of aromatic nitrogens is 4. The van der Waals surface area contributed by atoms with Gasteiger partial charge in [-0.05, 0) is 94.3 Å². The van der Waals surface area contributed by atoms with Gasteiger partial charge in [0.1, 0.15) is 12.1 Å². The summed E-state index contributed by atoms with van der Waals surface area (Å²) in [5.74, 6) is 1.11. The first-order valence-corrected chi connectivity index (χ1v) is 15.1. The first-order chi connectivity index (χ1) is 19.1. The third-order valence-corrected chi connectivity index (χ3v) is 9.58. The van der Waals surface area contributed by atoms with Crippen LogP contribution in [0.3, 0.4) is 0 Å². The molecule has 204 valence electrons. The van der Waals surface area contributed by atoms with E-state index in [-0.39, 0.29) is 6.04 Å². The highest BCUT2D eigenvalue weighted by atomic mass is 32.2. The Bertz CT molecular complexity index is 1510. The van der Waals surface area contributed by atoms with Crippen LogP contribution in [0, 0.1) is 0 Å². The van der Waals surface area contributed by atoms with E-state index in [0.29, 0.717) is 28.9 Å². The second-order valence-corrected chi connectivity index (χ2v) is 12.0. The van der Waals surface area contributed by atoms with Crippen LogP contribution in [0.1, 0.15) is 25.7 Å². The van der Waals surface area contributed by atoms with Crippen molar-refractivity contribution < 1.29 is 8.42 Å². The maximum absolute atomic E-state index is 13.8. The molecular weight excluding hydrogens is 512 g/mol. The van der Waals surface area contributed by atoms with Gasteiger partial charge in [0.15, 0.2) is 0 Å². The molecule has 6 rings (SSSR count). The number of rotatable bonds is 9. The number of benzene rings is 2. The van der Waals surface area contributed by atoms with Gasteiger partial charge in [0, 0.05) is 31.0 Å². The van der Waals surface area contributed by atoms with E-state index in [4.69, 9.17) is 0 Å². The molecule has 2 N–H and O–H groups in total. The number of nitrogens with zero attached hydrogens (tertiary/aromatic N) is 6. The Labute approximate surface area is 229 Å². The van der Waals surface area contributed by atoms with E-state index in [2.05, 4.69) is 30.5 Å². The second-order valence-electron chi connectivity index (χ2n) is 10.1. The van der Waals surface area contributed by atoms with Gasteiger partial charge in [-0.25, -0.2) is 18.4 Å². The minimum absolute atomic E-state index is 0.0204. The number of hydrogen-bond acceptors (Lipinski definition) is 8. The topological polar surface area (TPSA) is 108 Å². The number of fused-ring (bicyclic) bond motifs is 1. The SMILES string of the molecule is O=S(=O)(c1ccc(Nc2nccc(-n3cnc4ccccc43)n2)cc1)N(CCN1CCCC1)C1CCNCC1. The molecule has 10 nitrogen and oxygen atoms in total. The summed E-state index contributed by atoms with van der Waals surface area (Å²) >= 11 is 0. The number of hydrogen-bond donors (Lipinski definition) is 2. The van der Waals surface area contributed by atoms with Crippen LogP contribution in [-0.4, -0.2) is 82.5 Å². The quantitative estimate of drug-likeness (QED) is 0.329. The largest absolute Gasteiger partial charge is 0.324 e.